The van der Waals surface area contributed by atoms with Crippen molar-refractivity contribution in [2.45, 2.75) is 31.7 Å². The highest BCUT2D eigenvalue weighted by atomic mass is 19.3. The van der Waals surface area contributed by atoms with E-state index in [1.165, 1.54) is 6.92 Å². The van der Waals surface area contributed by atoms with E-state index in [4.69, 9.17) is 0 Å². The van der Waals surface area contributed by atoms with Gasteiger partial charge in [0.1, 0.15) is 5.78 Å². The minimum Gasteiger partial charge on any atom is -0.307 e. The SMILES string of the molecule is CC(=O)CNC1CC(F)(F)C1. The van der Waals surface area contributed by atoms with Crippen molar-refractivity contribution >= 4 is 5.78 Å². The summed E-state index contributed by atoms with van der Waals surface area (Å²) in [7, 11) is 0. The normalized spacial score (nSPS) is 22.8. The molecule has 1 fully saturated rings. The Labute approximate surface area is 64.0 Å². The van der Waals surface area contributed by atoms with Crippen LogP contribution in [0.2, 0.25) is 0 Å². The number of nitrogens with one attached hydrogen (secondary N) is 1. The van der Waals surface area contributed by atoms with E-state index in [1.807, 2.05) is 0 Å². The van der Waals surface area contributed by atoms with Crippen molar-refractivity contribution in [3.05, 3.63) is 0 Å². The van der Waals surface area contributed by atoms with Gasteiger partial charge in [-0.25, -0.2) is 8.78 Å². The molecule has 0 unspecified atom stereocenters. The number of carbonyl (C=O) groups is 1. The highest BCUT2D eigenvalue weighted by Crippen LogP contribution is 2.37. The zero-order chi connectivity index (χ0) is 8.48. The highest BCUT2D eigenvalue weighted by Gasteiger charge is 2.44. The monoisotopic (exact) mass is 163 g/mol. The van der Waals surface area contributed by atoms with Gasteiger partial charge in [0.15, 0.2) is 0 Å². The molecule has 0 atom stereocenters. The summed E-state index contributed by atoms with van der Waals surface area (Å²) in [5, 5.41) is 2.74. The summed E-state index contributed by atoms with van der Waals surface area (Å²) in [4.78, 5) is 10.4. The molecule has 1 N–H and O–H groups in total. The van der Waals surface area contributed by atoms with E-state index >= 15 is 0 Å². The lowest BCUT2D eigenvalue weighted by Gasteiger charge is -2.35. The molecule has 0 radical (unpaired) electrons. The van der Waals surface area contributed by atoms with Crippen molar-refractivity contribution in [3.63, 3.8) is 0 Å². The van der Waals surface area contributed by atoms with Crippen molar-refractivity contribution in [3.8, 4) is 0 Å². The second-order valence-electron chi connectivity index (χ2n) is 3.04. The van der Waals surface area contributed by atoms with Crippen molar-refractivity contribution in [2.75, 3.05) is 6.54 Å². The van der Waals surface area contributed by atoms with Crippen molar-refractivity contribution in [1.29, 1.82) is 0 Å². The van der Waals surface area contributed by atoms with Crippen molar-refractivity contribution < 1.29 is 13.6 Å². The summed E-state index contributed by atoms with van der Waals surface area (Å²) >= 11 is 0. The number of ketones is 1. The molecule has 4 heteroatoms. The van der Waals surface area contributed by atoms with Crippen LogP contribution in [0.4, 0.5) is 8.78 Å². The van der Waals surface area contributed by atoms with Gasteiger partial charge in [-0.1, -0.05) is 0 Å². The Morgan fingerprint density at radius 2 is 2.18 bits per heavy atom. The molecule has 1 aliphatic carbocycles. The largest absolute Gasteiger partial charge is 0.307 e. The number of Topliss-reactive ketones (excluding diaryl/α,β-unsaturated/α-hetero) is 1. The van der Waals surface area contributed by atoms with Gasteiger partial charge in [0, 0.05) is 18.9 Å². The predicted octanol–water partition coefficient (Wildman–Crippen LogP) is 0.963. The molecule has 0 amide bonds. The Morgan fingerprint density at radius 3 is 2.55 bits per heavy atom. The molecule has 0 spiro atoms. The Bertz CT molecular complexity index is 162. The van der Waals surface area contributed by atoms with Crippen LogP contribution in [0.3, 0.4) is 0 Å². The molecule has 0 saturated heterocycles. The number of hydrogen-bond acceptors (Lipinski definition) is 2. The Kier molecular flexibility index (Phi) is 2.23. The van der Waals surface area contributed by atoms with E-state index in [-0.39, 0.29) is 31.2 Å². The van der Waals surface area contributed by atoms with Gasteiger partial charge in [0.05, 0.1) is 6.54 Å². The molecular weight excluding hydrogens is 152 g/mol. The van der Waals surface area contributed by atoms with E-state index in [2.05, 4.69) is 5.32 Å². The van der Waals surface area contributed by atoms with Crippen LogP contribution < -0.4 is 5.32 Å². The molecule has 0 aromatic heterocycles. The van der Waals surface area contributed by atoms with Gasteiger partial charge in [-0.3, -0.25) is 4.79 Å². The van der Waals surface area contributed by atoms with Crippen LogP contribution in [0.15, 0.2) is 0 Å². The van der Waals surface area contributed by atoms with E-state index in [1.54, 1.807) is 0 Å². The van der Waals surface area contributed by atoms with Gasteiger partial charge in [0.25, 0.3) is 5.92 Å². The minimum atomic E-state index is -2.49. The summed E-state index contributed by atoms with van der Waals surface area (Å²) in [5.74, 6) is -2.51. The fraction of sp³-hybridized carbons (Fsp3) is 0.857. The molecule has 2 nitrogen and oxygen atoms in total. The van der Waals surface area contributed by atoms with Crippen LogP contribution in [0.5, 0.6) is 0 Å². The third kappa shape index (κ3) is 2.54. The quantitative estimate of drug-likeness (QED) is 0.671. The number of halogens is 2. The first kappa shape index (κ1) is 8.59. The van der Waals surface area contributed by atoms with Gasteiger partial charge >= 0.3 is 0 Å². The molecule has 11 heavy (non-hydrogen) atoms. The molecule has 1 rings (SSSR count). The van der Waals surface area contributed by atoms with Crippen molar-refractivity contribution in [1.82, 2.24) is 5.32 Å². The summed E-state index contributed by atoms with van der Waals surface area (Å²) < 4.78 is 24.4. The molecule has 0 bridgehead atoms. The van der Waals surface area contributed by atoms with Crippen LogP contribution >= 0.6 is 0 Å². The Morgan fingerprint density at radius 1 is 1.64 bits per heavy atom. The summed E-state index contributed by atoms with van der Waals surface area (Å²) in [6.45, 7) is 1.64. The average Bonchev–Trinajstić information content (AvgIpc) is 1.78. The highest BCUT2D eigenvalue weighted by molar-refractivity contribution is 5.77. The van der Waals surface area contributed by atoms with Crippen LogP contribution in [-0.4, -0.2) is 24.3 Å². The third-order valence-electron chi connectivity index (χ3n) is 1.73. The average molecular weight is 163 g/mol. The van der Waals surface area contributed by atoms with Gasteiger partial charge in [-0.15, -0.1) is 0 Å². The fourth-order valence-electron chi connectivity index (χ4n) is 1.09. The number of carbonyl (C=O) groups excluding carboxylic acids is 1. The number of rotatable bonds is 3. The lowest BCUT2D eigenvalue weighted by molar-refractivity contribution is -0.118. The number of alkyl halides is 2. The van der Waals surface area contributed by atoms with E-state index in [9.17, 15) is 13.6 Å². The first-order valence-electron chi connectivity index (χ1n) is 3.60. The molecular formula is C7H11F2NO. The van der Waals surface area contributed by atoms with Gasteiger partial charge in [0.2, 0.25) is 0 Å². The lowest BCUT2D eigenvalue weighted by atomic mass is 9.88. The maximum Gasteiger partial charge on any atom is 0.251 e. The Hall–Kier alpha value is -0.510. The standard InChI is InChI=1S/C7H11F2NO/c1-5(11)4-10-6-2-7(8,9)3-6/h6,10H,2-4H2,1H3. The topological polar surface area (TPSA) is 29.1 Å². The zero-order valence-corrected chi connectivity index (χ0v) is 6.36. The van der Waals surface area contributed by atoms with Crippen LogP contribution in [0.1, 0.15) is 19.8 Å². The summed E-state index contributed by atoms with van der Waals surface area (Å²) in [5.41, 5.74) is 0. The van der Waals surface area contributed by atoms with Gasteiger partial charge < -0.3 is 5.32 Å². The molecule has 64 valence electrons. The van der Waals surface area contributed by atoms with Crippen LogP contribution in [0, 0.1) is 0 Å². The second kappa shape index (κ2) is 2.85. The van der Waals surface area contributed by atoms with Crippen molar-refractivity contribution in [2.24, 2.45) is 0 Å². The Balaban J connectivity index is 2.09. The molecule has 0 aromatic carbocycles. The third-order valence-corrected chi connectivity index (χ3v) is 1.73. The van der Waals surface area contributed by atoms with Gasteiger partial charge in [-0.05, 0) is 6.92 Å². The molecule has 0 aromatic rings. The number of hydrogen-bond donors (Lipinski definition) is 1. The van der Waals surface area contributed by atoms with E-state index in [0.29, 0.717) is 0 Å². The summed E-state index contributed by atoms with van der Waals surface area (Å²) in [6, 6.07) is -0.158. The molecule has 1 aliphatic rings. The maximum atomic E-state index is 12.2. The van der Waals surface area contributed by atoms with Crippen LogP contribution in [-0.2, 0) is 4.79 Å². The first-order valence-corrected chi connectivity index (χ1v) is 3.60. The molecule has 0 heterocycles. The second-order valence-corrected chi connectivity index (χ2v) is 3.04. The van der Waals surface area contributed by atoms with E-state index < -0.39 is 5.92 Å². The fourth-order valence-corrected chi connectivity index (χ4v) is 1.09. The maximum absolute atomic E-state index is 12.2. The summed E-state index contributed by atoms with van der Waals surface area (Å²) in [6.07, 6.45) is -0.249. The van der Waals surface area contributed by atoms with Crippen LogP contribution in [0.25, 0.3) is 0 Å². The minimum absolute atomic E-state index is 0.0137. The molecule has 0 aliphatic heterocycles. The lowest BCUT2D eigenvalue weighted by Crippen LogP contribution is -2.49. The molecule has 1 saturated carbocycles. The van der Waals surface area contributed by atoms with Gasteiger partial charge in [-0.2, -0.15) is 0 Å². The first-order chi connectivity index (χ1) is 4.99. The van der Waals surface area contributed by atoms with E-state index in [0.717, 1.165) is 0 Å². The smallest absolute Gasteiger partial charge is 0.251 e. The zero-order valence-electron chi connectivity index (χ0n) is 6.36. The predicted molar refractivity (Wildman–Crippen MR) is 36.7 cm³/mol.